The molecule has 1 N–H and O–H groups in total. The molecule has 0 fully saturated rings. The zero-order valence-electron chi connectivity index (χ0n) is 14.3. The van der Waals surface area contributed by atoms with Crippen molar-refractivity contribution < 1.29 is 9.13 Å². The quantitative estimate of drug-likeness (QED) is 0.711. The molecule has 5 nitrogen and oxygen atoms in total. The van der Waals surface area contributed by atoms with Crippen LogP contribution in [0.15, 0.2) is 42.6 Å². The molecule has 0 aliphatic heterocycles. The number of hydrogen-bond donors (Lipinski definition) is 1. The van der Waals surface area contributed by atoms with Gasteiger partial charge in [0.25, 0.3) is 0 Å². The molecule has 0 spiro atoms. The lowest BCUT2D eigenvalue weighted by Crippen LogP contribution is -2.13. The Morgan fingerprint density at radius 3 is 2.60 bits per heavy atom. The van der Waals surface area contributed by atoms with Crippen LogP contribution in [0.1, 0.15) is 32.2 Å². The number of nitrogens with one attached hydrogen (secondary N) is 1. The Kier molecular flexibility index (Phi) is 4.94. The first kappa shape index (κ1) is 17.3. The first-order valence-corrected chi connectivity index (χ1v) is 8.64. The van der Waals surface area contributed by atoms with Gasteiger partial charge in [0.05, 0.1) is 0 Å². The topological polar surface area (TPSA) is 59.9 Å². The fraction of sp³-hybridized carbons (Fsp3) is 0.278. The first-order chi connectivity index (χ1) is 11.9. The van der Waals surface area contributed by atoms with Crippen molar-refractivity contribution in [3.63, 3.8) is 0 Å². The Morgan fingerprint density at radius 2 is 1.92 bits per heavy atom. The molecule has 0 unspecified atom stereocenters. The lowest BCUT2D eigenvalue weighted by molar-refractivity contribution is 0.460. The monoisotopic (exact) mass is 358 g/mol. The van der Waals surface area contributed by atoms with Crippen molar-refractivity contribution in [2.24, 2.45) is 0 Å². The van der Waals surface area contributed by atoms with Crippen LogP contribution in [0.5, 0.6) is 11.6 Å². The minimum absolute atomic E-state index is 0.0662. The fourth-order valence-electron chi connectivity index (χ4n) is 2.02. The molecule has 2 heterocycles. The highest BCUT2D eigenvalue weighted by Crippen LogP contribution is 2.24. The standard InChI is InChI=1S/C18H19FN4OS/c1-18(2,3)16-22-17(25-23-16)21-11-12-8-9-20-15(10-12)24-14-6-4-13(19)5-7-14/h4-10H,11H2,1-3H3,(H,21,22,23). The number of anilines is 1. The second-order valence-corrected chi connectivity index (χ2v) is 7.34. The normalized spacial score (nSPS) is 11.4. The summed E-state index contributed by atoms with van der Waals surface area (Å²) in [6, 6.07) is 9.57. The van der Waals surface area contributed by atoms with Gasteiger partial charge in [0.1, 0.15) is 17.4 Å². The minimum Gasteiger partial charge on any atom is -0.439 e. The van der Waals surface area contributed by atoms with Crippen LogP contribution >= 0.6 is 11.5 Å². The zero-order valence-corrected chi connectivity index (χ0v) is 15.1. The number of halogens is 1. The summed E-state index contributed by atoms with van der Waals surface area (Å²) in [7, 11) is 0. The van der Waals surface area contributed by atoms with Crippen molar-refractivity contribution in [2.45, 2.75) is 32.7 Å². The van der Waals surface area contributed by atoms with Crippen LogP contribution in [0, 0.1) is 5.82 Å². The van der Waals surface area contributed by atoms with Gasteiger partial charge in [-0.3, -0.25) is 0 Å². The highest BCUT2D eigenvalue weighted by atomic mass is 32.1. The third-order valence-electron chi connectivity index (χ3n) is 3.38. The molecule has 0 aliphatic carbocycles. The van der Waals surface area contributed by atoms with E-state index in [4.69, 9.17) is 4.74 Å². The van der Waals surface area contributed by atoms with E-state index in [9.17, 15) is 4.39 Å². The summed E-state index contributed by atoms with van der Waals surface area (Å²) < 4.78 is 23.0. The highest BCUT2D eigenvalue weighted by Gasteiger charge is 2.19. The van der Waals surface area contributed by atoms with E-state index in [2.05, 4.69) is 40.4 Å². The Morgan fingerprint density at radius 1 is 1.16 bits per heavy atom. The fourth-order valence-corrected chi connectivity index (χ4v) is 2.77. The van der Waals surface area contributed by atoms with E-state index in [1.54, 1.807) is 18.3 Å². The molecule has 3 aromatic rings. The van der Waals surface area contributed by atoms with E-state index in [1.165, 1.54) is 23.7 Å². The van der Waals surface area contributed by atoms with Crippen molar-refractivity contribution in [1.82, 2.24) is 14.3 Å². The molecule has 0 saturated carbocycles. The average Bonchev–Trinajstić information content (AvgIpc) is 3.05. The minimum atomic E-state index is -0.301. The lowest BCUT2D eigenvalue weighted by atomic mass is 9.96. The molecule has 0 saturated heterocycles. The van der Waals surface area contributed by atoms with Gasteiger partial charge < -0.3 is 10.1 Å². The first-order valence-electron chi connectivity index (χ1n) is 7.86. The molecule has 1 aromatic carbocycles. The van der Waals surface area contributed by atoms with E-state index in [0.717, 1.165) is 16.5 Å². The SMILES string of the molecule is CC(C)(C)c1nsc(NCc2ccnc(Oc3ccc(F)cc3)c2)n1. The van der Waals surface area contributed by atoms with Crippen LogP contribution in [-0.2, 0) is 12.0 Å². The molecule has 130 valence electrons. The molecule has 7 heteroatoms. The van der Waals surface area contributed by atoms with Crippen LogP contribution in [0.25, 0.3) is 0 Å². The van der Waals surface area contributed by atoms with E-state index in [-0.39, 0.29) is 11.2 Å². The summed E-state index contributed by atoms with van der Waals surface area (Å²) in [5.41, 5.74) is 0.933. The van der Waals surface area contributed by atoms with Crippen molar-refractivity contribution in [2.75, 3.05) is 5.32 Å². The van der Waals surface area contributed by atoms with Gasteiger partial charge in [-0.05, 0) is 35.9 Å². The number of pyridine rings is 1. The van der Waals surface area contributed by atoms with Crippen molar-refractivity contribution >= 4 is 16.7 Å². The van der Waals surface area contributed by atoms with Crippen LogP contribution in [-0.4, -0.2) is 14.3 Å². The number of nitrogens with zero attached hydrogens (tertiary/aromatic N) is 3. The molecule has 2 aromatic heterocycles. The Bertz CT molecular complexity index is 843. The molecular weight excluding hydrogens is 339 g/mol. The van der Waals surface area contributed by atoms with Crippen LogP contribution < -0.4 is 10.1 Å². The highest BCUT2D eigenvalue weighted by molar-refractivity contribution is 7.09. The summed E-state index contributed by atoms with van der Waals surface area (Å²) in [4.78, 5) is 8.69. The van der Waals surface area contributed by atoms with Gasteiger partial charge in [-0.2, -0.15) is 4.37 Å². The molecule has 0 bridgehead atoms. The molecular formula is C18H19FN4OS. The van der Waals surface area contributed by atoms with Gasteiger partial charge in [0.2, 0.25) is 11.0 Å². The summed E-state index contributed by atoms with van der Waals surface area (Å²) in [5, 5.41) is 4.04. The zero-order chi connectivity index (χ0) is 17.9. The largest absolute Gasteiger partial charge is 0.439 e. The van der Waals surface area contributed by atoms with Gasteiger partial charge in [-0.15, -0.1) is 0 Å². The molecule has 0 aliphatic rings. The summed E-state index contributed by atoms with van der Waals surface area (Å²) in [5.74, 6) is 1.52. The van der Waals surface area contributed by atoms with Crippen molar-refractivity contribution in [3.8, 4) is 11.6 Å². The van der Waals surface area contributed by atoms with Gasteiger partial charge in [-0.1, -0.05) is 20.8 Å². The predicted molar refractivity (Wildman–Crippen MR) is 96.6 cm³/mol. The van der Waals surface area contributed by atoms with Crippen molar-refractivity contribution in [1.29, 1.82) is 0 Å². The van der Waals surface area contributed by atoms with E-state index < -0.39 is 0 Å². The van der Waals surface area contributed by atoms with Gasteiger partial charge in [-0.25, -0.2) is 14.4 Å². The van der Waals surface area contributed by atoms with Crippen molar-refractivity contribution in [3.05, 3.63) is 59.8 Å². The molecule has 0 atom stereocenters. The number of aromatic nitrogens is 3. The molecule has 0 amide bonds. The summed E-state index contributed by atoms with van der Waals surface area (Å²) in [6.45, 7) is 6.84. The molecule has 3 rings (SSSR count). The predicted octanol–water partition coefficient (Wildman–Crippen LogP) is 4.77. The Hall–Kier alpha value is -2.54. The summed E-state index contributed by atoms with van der Waals surface area (Å²) >= 11 is 1.35. The smallest absolute Gasteiger partial charge is 0.219 e. The van der Waals surface area contributed by atoms with Gasteiger partial charge >= 0.3 is 0 Å². The van der Waals surface area contributed by atoms with E-state index in [1.807, 2.05) is 12.1 Å². The van der Waals surface area contributed by atoms with Gasteiger partial charge in [0.15, 0.2) is 0 Å². The number of benzene rings is 1. The third-order valence-corrected chi connectivity index (χ3v) is 4.05. The molecule has 0 radical (unpaired) electrons. The van der Waals surface area contributed by atoms with Crippen LogP contribution in [0.4, 0.5) is 9.52 Å². The number of hydrogen-bond acceptors (Lipinski definition) is 6. The van der Waals surface area contributed by atoms with E-state index >= 15 is 0 Å². The van der Waals surface area contributed by atoms with Gasteiger partial charge in [0, 0.05) is 35.8 Å². The third kappa shape index (κ3) is 4.73. The van der Waals surface area contributed by atoms with E-state index in [0.29, 0.717) is 18.2 Å². The second-order valence-electron chi connectivity index (χ2n) is 6.59. The average molecular weight is 358 g/mol. The lowest BCUT2D eigenvalue weighted by Gasteiger charge is -2.12. The van der Waals surface area contributed by atoms with Crippen LogP contribution in [0.3, 0.4) is 0 Å². The number of ether oxygens (including phenoxy) is 1. The maximum Gasteiger partial charge on any atom is 0.219 e. The second kappa shape index (κ2) is 7.14. The Balaban J connectivity index is 1.63. The molecule has 25 heavy (non-hydrogen) atoms. The van der Waals surface area contributed by atoms with Crippen LogP contribution in [0.2, 0.25) is 0 Å². The maximum absolute atomic E-state index is 12.9. The number of rotatable bonds is 5. The maximum atomic E-state index is 12.9. The summed E-state index contributed by atoms with van der Waals surface area (Å²) in [6.07, 6.45) is 1.68. The Labute approximate surface area is 150 Å².